The molecule has 0 saturated carbocycles. The first-order valence-corrected chi connectivity index (χ1v) is 7.47. The number of likely N-dealkylation sites (N-methyl/N-ethyl adjacent to an activating group) is 1. The Morgan fingerprint density at radius 1 is 1.40 bits per heavy atom. The van der Waals surface area contributed by atoms with E-state index in [2.05, 4.69) is 27.4 Å². The molecule has 0 aliphatic carbocycles. The largest absolute Gasteiger partial charge is 0.356 e. The second-order valence-corrected chi connectivity index (χ2v) is 5.34. The minimum Gasteiger partial charge on any atom is -0.356 e. The number of carbonyl (C=O) groups is 1. The Balaban J connectivity index is 2.25. The second kappa shape index (κ2) is 8.79. The summed E-state index contributed by atoms with van der Waals surface area (Å²) in [7, 11) is 5.30. The summed E-state index contributed by atoms with van der Waals surface area (Å²) in [4.78, 5) is 19.8. The normalized spacial score (nSPS) is 20.0. The van der Waals surface area contributed by atoms with Crippen molar-refractivity contribution in [1.82, 2.24) is 20.4 Å². The molecule has 20 heavy (non-hydrogen) atoms. The molecule has 0 spiro atoms. The molecule has 2 N–H and O–H groups in total. The van der Waals surface area contributed by atoms with E-state index in [-0.39, 0.29) is 5.91 Å². The van der Waals surface area contributed by atoms with Gasteiger partial charge in [-0.1, -0.05) is 6.92 Å². The molecule has 0 aromatic carbocycles. The standard InChI is InChI=1S/C14H29N5O/c1-5-19-10-6-7-12(19)11-17-14(15-2)16-9-8-13(20)18(3)4/h12H,5-11H2,1-4H3,(H2,15,16,17)/t12-/m1/s1. The molecule has 1 rings (SSSR count). The minimum absolute atomic E-state index is 0.126. The summed E-state index contributed by atoms with van der Waals surface area (Å²) >= 11 is 0. The molecule has 0 aromatic rings. The Hall–Kier alpha value is -1.30. The van der Waals surface area contributed by atoms with Crippen LogP contribution in [0.15, 0.2) is 4.99 Å². The monoisotopic (exact) mass is 283 g/mol. The maximum Gasteiger partial charge on any atom is 0.223 e. The van der Waals surface area contributed by atoms with E-state index in [9.17, 15) is 4.79 Å². The number of aliphatic imine (C=N–C) groups is 1. The zero-order valence-corrected chi connectivity index (χ0v) is 13.3. The third kappa shape index (κ3) is 5.36. The Morgan fingerprint density at radius 2 is 2.15 bits per heavy atom. The summed E-state index contributed by atoms with van der Waals surface area (Å²) in [6, 6.07) is 0.599. The average Bonchev–Trinajstić information content (AvgIpc) is 2.89. The van der Waals surface area contributed by atoms with Crippen molar-refractivity contribution in [3.05, 3.63) is 0 Å². The number of rotatable bonds is 6. The van der Waals surface area contributed by atoms with Crippen LogP contribution in [0.1, 0.15) is 26.2 Å². The first kappa shape index (κ1) is 16.8. The van der Waals surface area contributed by atoms with Crippen molar-refractivity contribution in [3.8, 4) is 0 Å². The van der Waals surface area contributed by atoms with Crippen LogP contribution in [0, 0.1) is 0 Å². The fourth-order valence-electron chi connectivity index (χ4n) is 2.49. The van der Waals surface area contributed by atoms with Crippen molar-refractivity contribution >= 4 is 11.9 Å². The van der Waals surface area contributed by atoms with Gasteiger partial charge in [-0.2, -0.15) is 0 Å². The van der Waals surface area contributed by atoms with Gasteiger partial charge in [-0.05, 0) is 25.9 Å². The van der Waals surface area contributed by atoms with Crippen molar-refractivity contribution in [2.24, 2.45) is 4.99 Å². The van der Waals surface area contributed by atoms with E-state index in [0.29, 0.717) is 19.0 Å². The molecule has 6 nitrogen and oxygen atoms in total. The summed E-state index contributed by atoms with van der Waals surface area (Å²) in [5.41, 5.74) is 0. The quantitative estimate of drug-likeness (QED) is 0.537. The molecule has 1 fully saturated rings. The molecule has 1 saturated heterocycles. The van der Waals surface area contributed by atoms with Gasteiger partial charge in [-0.15, -0.1) is 0 Å². The molecule has 1 amide bonds. The number of nitrogens with zero attached hydrogens (tertiary/aromatic N) is 3. The summed E-state index contributed by atoms with van der Waals surface area (Å²) in [5, 5.41) is 6.54. The van der Waals surface area contributed by atoms with Gasteiger partial charge in [0.1, 0.15) is 0 Å². The predicted molar refractivity (Wildman–Crippen MR) is 82.9 cm³/mol. The van der Waals surface area contributed by atoms with Crippen molar-refractivity contribution in [1.29, 1.82) is 0 Å². The minimum atomic E-state index is 0.126. The van der Waals surface area contributed by atoms with Crippen LogP contribution in [-0.4, -0.2) is 75.0 Å². The van der Waals surface area contributed by atoms with E-state index < -0.39 is 0 Å². The lowest BCUT2D eigenvalue weighted by Crippen LogP contribution is -2.45. The fraction of sp³-hybridized carbons (Fsp3) is 0.857. The van der Waals surface area contributed by atoms with Gasteiger partial charge in [-0.25, -0.2) is 0 Å². The number of amides is 1. The van der Waals surface area contributed by atoms with Crippen LogP contribution in [-0.2, 0) is 4.79 Å². The van der Waals surface area contributed by atoms with E-state index in [1.54, 1.807) is 26.0 Å². The van der Waals surface area contributed by atoms with Crippen LogP contribution in [0.2, 0.25) is 0 Å². The lowest BCUT2D eigenvalue weighted by atomic mass is 10.2. The Labute approximate surface area is 122 Å². The number of nitrogens with one attached hydrogen (secondary N) is 2. The number of carbonyl (C=O) groups excluding carboxylic acids is 1. The summed E-state index contributed by atoms with van der Waals surface area (Å²) < 4.78 is 0. The van der Waals surface area contributed by atoms with Crippen LogP contribution in [0.3, 0.4) is 0 Å². The maximum absolute atomic E-state index is 11.5. The van der Waals surface area contributed by atoms with Gasteiger partial charge in [-0.3, -0.25) is 14.7 Å². The molecule has 0 unspecified atom stereocenters. The van der Waals surface area contributed by atoms with Crippen LogP contribution < -0.4 is 10.6 Å². The SMILES string of the molecule is CCN1CCC[C@@H]1CNC(=NC)NCCC(=O)N(C)C. The third-order valence-corrected chi connectivity index (χ3v) is 3.76. The molecule has 1 atom stereocenters. The number of guanidine groups is 1. The van der Waals surface area contributed by atoms with Gasteiger partial charge in [0.2, 0.25) is 5.91 Å². The highest BCUT2D eigenvalue weighted by atomic mass is 16.2. The predicted octanol–water partition coefficient (Wildman–Crippen LogP) is 0.114. The highest BCUT2D eigenvalue weighted by molar-refractivity contribution is 5.81. The fourth-order valence-corrected chi connectivity index (χ4v) is 2.49. The van der Waals surface area contributed by atoms with Crippen LogP contribution >= 0.6 is 0 Å². The first-order valence-electron chi connectivity index (χ1n) is 7.47. The van der Waals surface area contributed by atoms with E-state index in [4.69, 9.17) is 0 Å². The van der Waals surface area contributed by atoms with Gasteiger partial charge in [0.05, 0.1) is 0 Å². The Kier molecular flexibility index (Phi) is 7.36. The summed E-state index contributed by atoms with van der Waals surface area (Å²) in [5.74, 6) is 0.903. The number of likely N-dealkylation sites (tertiary alicyclic amines) is 1. The molecule has 116 valence electrons. The topological polar surface area (TPSA) is 60.0 Å². The van der Waals surface area contributed by atoms with Gasteiger partial charge < -0.3 is 15.5 Å². The number of hydrogen-bond acceptors (Lipinski definition) is 3. The highest BCUT2D eigenvalue weighted by Crippen LogP contribution is 2.15. The van der Waals surface area contributed by atoms with Crippen LogP contribution in [0.25, 0.3) is 0 Å². The zero-order chi connectivity index (χ0) is 15.0. The van der Waals surface area contributed by atoms with Crippen LogP contribution in [0.4, 0.5) is 0 Å². The van der Waals surface area contributed by atoms with Crippen molar-refractivity contribution in [3.63, 3.8) is 0 Å². The van der Waals surface area contributed by atoms with Gasteiger partial charge >= 0.3 is 0 Å². The molecule has 1 aliphatic heterocycles. The van der Waals surface area contributed by atoms with E-state index >= 15 is 0 Å². The first-order chi connectivity index (χ1) is 9.58. The number of hydrogen-bond donors (Lipinski definition) is 2. The lowest BCUT2D eigenvalue weighted by molar-refractivity contribution is -0.128. The average molecular weight is 283 g/mol. The second-order valence-electron chi connectivity index (χ2n) is 5.34. The molecule has 6 heteroatoms. The van der Waals surface area contributed by atoms with E-state index in [1.165, 1.54) is 19.4 Å². The molecule has 1 aliphatic rings. The molecule has 0 aromatic heterocycles. The molecular weight excluding hydrogens is 254 g/mol. The smallest absolute Gasteiger partial charge is 0.223 e. The van der Waals surface area contributed by atoms with Gasteiger partial charge in [0.25, 0.3) is 0 Å². The maximum atomic E-state index is 11.5. The third-order valence-electron chi connectivity index (χ3n) is 3.76. The van der Waals surface area contributed by atoms with Crippen molar-refractivity contribution < 1.29 is 4.79 Å². The van der Waals surface area contributed by atoms with Crippen molar-refractivity contribution in [2.75, 3.05) is 47.3 Å². The van der Waals surface area contributed by atoms with E-state index in [1.807, 2.05) is 0 Å². The zero-order valence-electron chi connectivity index (χ0n) is 13.3. The Morgan fingerprint density at radius 3 is 2.75 bits per heavy atom. The lowest BCUT2D eigenvalue weighted by Gasteiger charge is -2.24. The molecule has 1 heterocycles. The molecule has 0 bridgehead atoms. The van der Waals surface area contributed by atoms with Gasteiger partial charge in [0.15, 0.2) is 5.96 Å². The van der Waals surface area contributed by atoms with Crippen molar-refractivity contribution in [2.45, 2.75) is 32.2 Å². The summed E-state index contributed by atoms with van der Waals surface area (Å²) in [6.45, 7) is 6.04. The summed E-state index contributed by atoms with van der Waals surface area (Å²) in [6.07, 6.45) is 3.01. The molecular formula is C14H29N5O. The van der Waals surface area contributed by atoms with Crippen LogP contribution in [0.5, 0.6) is 0 Å². The molecule has 0 radical (unpaired) electrons. The van der Waals surface area contributed by atoms with Gasteiger partial charge in [0, 0.05) is 46.7 Å². The Bertz CT molecular complexity index is 330. The highest BCUT2D eigenvalue weighted by Gasteiger charge is 2.22. The van der Waals surface area contributed by atoms with E-state index in [0.717, 1.165) is 19.0 Å².